The van der Waals surface area contributed by atoms with E-state index in [2.05, 4.69) is 142 Å². The van der Waals surface area contributed by atoms with Gasteiger partial charge in [-0.2, -0.15) is 0 Å². The summed E-state index contributed by atoms with van der Waals surface area (Å²) in [4.78, 5) is 112. The molecule has 23 nitrogen and oxygen atoms in total. The molecule has 3 saturated heterocycles. The molecule has 0 saturated carbocycles. The van der Waals surface area contributed by atoms with Crippen LogP contribution in [0.4, 0.5) is 17.1 Å². The minimum atomic E-state index is -2.74. The first kappa shape index (κ1) is 82.0. The van der Waals surface area contributed by atoms with E-state index in [9.17, 15) is 43.2 Å². The second-order valence-electron chi connectivity index (χ2n) is 25.2. The van der Waals surface area contributed by atoms with Crippen LogP contribution in [0.1, 0.15) is 121 Å². The zero-order valence-electron chi connectivity index (χ0n) is 58.2. The van der Waals surface area contributed by atoms with E-state index in [1.165, 1.54) is 16.7 Å². The van der Waals surface area contributed by atoms with Gasteiger partial charge in [-0.25, -0.2) is 9.59 Å². The van der Waals surface area contributed by atoms with Crippen molar-refractivity contribution in [2.75, 3.05) is 73.6 Å². The van der Waals surface area contributed by atoms with E-state index in [-0.39, 0.29) is 17.7 Å². The number of para-hydroxylation sites is 3. The van der Waals surface area contributed by atoms with Gasteiger partial charge in [0, 0.05) is 113 Å². The van der Waals surface area contributed by atoms with Crippen LogP contribution in [0.15, 0.2) is 182 Å². The van der Waals surface area contributed by atoms with E-state index in [0.29, 0.717) is 37.4 Å². The third kappa shape index (κ3) is 28.5. The highest BCUT2D eigenvalue weighted by Gasteiger charge is 2.42. The number of carboxylic acid groups (broad SMARTS) is 6. The lowest BCUT2D eigenvalue weighted by Crippen LogP contribution is -2.47. The minimum Gasteiger partial charge on any atom is -0.481 e. The lowest BCUT2D eigenvalue weighted by atomic mass is 9.96. The van der Waals surface area contributed by atoms with Gasteiger partial charge in [0.05, 0.1) is 25.7 Å². The van der Waals surface area contributed by atoms with Crippen molar-refractivity contribution < 1.29 is 84.0 Å². The quantitative estimate of drug-likeness (QED) is 0.0226. The van der Waals surface area contributed by atoms with E-state index in [0.717, 1.165) is 134 Å². The summed E-state index contributed by atoms with van der Waals surface area (Å²) < 4.78 is 0. The first-order valence-corrected chi connectivity index (χ1v) is 34.6. The number of carbonyl (C=O) groups is 9. The molecule has 0 spiro atoms. The Hall–Kier alpha value is -9.65. The van der Waals surface area contributed by atoms with Crippen LogP contribution in [-0.4, -0.2) is 197 Å². The van der Waals surface area contributed by atoms with Gasteiger partial charge in [-0.3, -0.25) is 33.6 Å². The average Bonchev–Trinajstić information content (AvgIpc) is 0.831. The molecule has 544 valence electrons. The first-order valence-electron chi connectivity index (χ1n) is 34.6. The molecule has 3 heterocycles. The Morgan fingerprint density at radius 2 is 0.515 bits per heavy atom. The average molecular weight is 1390 g/mol. The largest absolute Gasteiger partial charge is 0.481 e. The predicted octanol–water partition coefficient (Wildman–Crippen LogP) is 9.91. The van der Waals surface area contributed by atoms with Crippen LogP contribution in [0.2, 0.25) is 0 Å². The molecule has 0 bridgehead atoms. The van der Waals surface area contributed by atoms with Gasteiger partial charge >= 0.3 is 35.8 Å². The van der Waals surface area contributed by atoms with Crippen molar-refractivity contribution >= 4 is 70.6 Å². The molecule has 3 aliphatic rings. The van der Waals surface area contributed by atoms with Crippen molar-refractivity contribution in [3.63, 3.8) is 0 Å². The van der Waals surface area contributed by atoms with Gasteiger partial charge in [-0.15, -0.1) is 0 Å². The molecule has 3 fully saturated rings. The number of carbonyl (C=O) groups excluding carboxylic acids is 3. The molecule has 23 heteroatoms. The zero-order chi connectivity index (χ0) is 73.7. The first-order chi connectivity index (χ1) is 48.4. The van der Waals surface area contributed by atoms with Crippen LogP contribution >= 0.6 is 0 Å². The summed E-state index contributed by atoms with van der Waals surface area (Å²) in [6.07, 6.45) is 6.70. The summed E-state index contributed by atoms with van der Waals surface area (Å²) in [7, 11) is 0. The maximum Gasteiger partial charge on any atom is 0.336 e. The normalized spacial score (nSPS) is 14.6. The van der Waals surface area contributed by atoms with E-state index in [4.69, 9.17) is 40.9 Å². The van der Waals surface area contributed by atoms with Crippen molar-refractivity contribution in [1.29, 1.82) is 0 Å². The number of anilines is 3. The maximum absolute atomic E-state index is 12.5. The maximum atomic E-state index is 12.5. The second-order valence-corrected chi connectivity index (χ2v) is 25.2. The second kappa shape index (κ2) is 43.1. The Bertz CT molecular complexity index is 3110. The van der Waals surface area contributed by atoms with E-state index in [1.807, 2.05) is 90.1 Å². The van der Waals surface area contributed by atoms with Gasteiger partial charge in [0.25, 0.3) is 0 Å². The Labute approximate surface area is 591 Å². The fourth-order valence-electron chi connectivity index (χ4n) is 12.4. The smallest absolute Gasteiger partial charge is 0.336 e. The molecule has 0 aliphatic carbocycles. The van der Waals surface area contributed by atoms with Crippen LogP contribution in [-0.2, 0) is 62.4 Å². The number of likely N-dealkylation sites (tertiary alicyclic amines) is 3. The Balaban J connectivity index is 0.000000234. The highest BCUT2D eigenvalue weighted by Crippen LogP contribution is 2.29. The summed E-state index contributed by atoms with van der Waals surface area (Å²) in [6.45, 7) is 15.6. The molecule has 3 aliphatic heterocycles. The molecule has 0 radical (unpaired) electrons. The number of hydrogen-bond acceptors (Lipinski definition) is 14. The number of piperidine rings is 3. The Kier molecular flexibility index (Phi) is 35.0. The Morgan fingerprint density at radius 1 is 0.327 bits per heavy atom. The number of carboxylic acids is 6. The number of amides is 3. The molecule has 6 aromatic rings. The number of benzene rings is 6. The fourth-order valence-corrected chi connectivity index (χ4v) is 12.4. The SMILES string of the molecule is CCC(=O)N(c1ccccc1)C1CCN(CCc2ccccc2)CC1.CCC(=O)N(c1ccccc1)C1CCN(CCc2ccccc2)CC1.CCC(=O)N(c1ccccc1)C1CCN(CCc2ccccc2)CC1.O=C(O)CC(O)(CC(=O)O)C(=O)O.O=C(O)CC(O)(CC(=O)O)C(=O)O. The van der Waals surface area contributed by atoms with Crippen molar-refractivity contribution in [3.8, 4) is 0 Å². The summed E-state index contributed by atoms with van der Waals surface area (Å²) in [5.74, 6) is -9.35. The molecule has 0 atom stereocenters. The van der Waals surface area contributed by atoms with Crippen molar-refractivity contribution in [2.24, 2.45) is 0 Å². The number of nitrogens with zero attached hydrogens (tertiary/aromatic N) is 6. The third-order valence-corrected chi connectivity index (χ3v) is 17.8. The van der Waals surface area contributed by atoms with E-state index >= 15 is 0 Å². The third-order valence-electron chi connectivity index (χ3n) is 17.8. The fraction of sp³-hybridized carbons (Fsp3) is 0.423. The van der Waals surface area contributed by atoms with Crippen molar-refractivity contribution in [3.05, 3.63) is 199 Å². The topological polar surface area (TPSA) is 335 Å². The van der Waals surface area contributed by atoms with Crippen molar-refractivity contribution in [2.45, 2.75) is 153 Å². The zero-order valence-corrected chi connectivity index (χ0v) is 58.2. The monoisotopic (exact) mass is 1390 g/mol. The molecular weight excluding hydrogens is 1290 g/mol. The highest BCUT2D eigenvalue weighted by molar-refractivity contribution is 5.95. The summed E-state index contributed by atoms with van der Waals surface area (Å²) in [6, 6.07) is 63.4. The molecule has 0 aromatic heterocycles. The van der Waals surface area contributed by atoms with Crippen molar-refractivity contribution in [1.82, 2.24) is 14.7 Å². The molecule has 0 unspecified atom stereocenters. The van der Waals surface area contributed by atoms with Gasteiger partial charge in [0.1, 0.15) is 0 Å². The van der Waals surface area contributed by atoms with Crippen LogP contribution in [0, 0.1) is 0 Å². The lowest BCUT2D eigenvalue weighted by Gasteiger charge is -2.38. The van der Waals surface area contributed by atoms with Crippen LogP contribution in [0.25, 0.3) is 0 Å². The lowest BCUT2D eigenvalue weighted by molar-refractivity contribution is -0.170. The molecule has 6 aromatic carbocycles. The number of rotatable bonds is 28. The number of aliphatic carboxylic acids is 6. The van der Waals surface area contributed by atoms with Gasteiger partial charge in [0.2, 0.25) is 17.7 Å². The van der Waals surface area contributed by atoms with Gasteiger partial charge < -0.3 is 70.3 Å². The molecular formula is C78H100N6O17. The van der Waals surface area contributed by atoms with Gasteiger partial charge in [0.15, 0.2) is 11.2 Å². The molecule has 9 rings (SSSR count). The van der Waals surface area contributed by atoms with Gasteiger partial charge in [-0.05, 0) is 111 Å². The highest BCUT2D eigenvalue weighted by atomic mass is 16.4. The number of aliphatic hydroxyl groups is 2. The van der Waals surface area contributed by atoms with E-state index < -0.39 is 72.7 Å². The predicted molar refractivity (Wildman–Crippen MR) is 386 cm³/mol. The van der Waals surface area contributed by atoms with Crippen LogP contribution in [0.5, 0.6) is 0 Å². The molecule has 8 N–H and O–H groups in total. The van der Waals surface area contributed by atoms with Gasteiger partial charge in [-0.1, -0.05) is 166 Å². The van der Waals surface area contributed by atoms with Crippen LogP contribution in [0.3, 0.4) is 0 Å². The minimum absolute atomic E-state index is 0.230. The summed E-state index contributed by atoms with van der Waals surface area (Å²) in [5.41, 5.74) is 1.84. The molecule has 101 heavy (non-hydrogen) atoms. The van der Waals surface area contributed by atoms with Crippen LogP contribution < -0.4 is 14.7 Å². The number of hydrogen-bond donors (Lipinski definition) is 8. The standard InChI is InChI=1S/3C22H28N2O.2C6H8O7/c3*1-2-22(25)24(20-11-7-4-8-12-20)21-14-17-23(18-15-21)16-13-19-9-5-3-6-10-19;2*7-3(8)1-6(13,5(11)12)2-4(9)10/h3*3-12,21H,2,13-18H2,1H3;2*13H,1-2H2,(H,7,8)(H,9,10)(H,11,12). The summed E-state index contributed by atoms with van der Waals surface area (Å²) >= 11 is 0. The Morgan fingerprint density at radius 3 is 0.683 bits per heavy atom. The van der Waals surface area contributed by atoms with E-state index in [1.54, 1.807) is 0 Å². The summed E-state index contributed by atoms with van der Waals surface area (Å²) in [5, 5.41) is 67.6. The molecule has 3 amide bonds.